The van der Waals surface area contributed by atoms with Crippen LogP contribution in [0, 0.1) is 0 Å². The minimum atomic E-state index is -0.270. The summed E-state index contributed by atoms with van der Waals surface area (Å²) in [5.41, 5.74) is 7.25. The molecule has 0 radical (unpaired) electrons. The molecule has 1 saturated heterocycles. The number of ether oxygens (including phenoxy) is 1. The van der Waals surface area contributed by atoms with Crippen LogP contribution in [0.25, 0.3) is 0 Å². The van der Waals surface area contributed by atoms with Crippen molar-refractivity contribution in [2.45, 2.75) is 25.9 Å². The van der Waals surface area contributed by atoms with Gasteiger partial charge in [0, 0.05) is 5.69 Å². The summed E-state index contributed by atoms with van der Waals surface area (Å²) in [6.45, 7) is 4.89. The third kappa shape index (κ3) is 1.83. The number of carbonyl (C=O) groups is 1. The normalized spacial score (nSPS) is 18.6. The number of rotatable bonds is 2. The smallest absolute Gasteiger partial charge is 0.410 e. The van der Waals surface area contributed by atoms with Gasteiger partial charge in [0.1, 0.15) is 6.61 Å². The molecule has 1 fully saturated rings. The Morgan fingerprint density at radius 2 is 2.12 bits per heavy atom. The molecular weight excluding hydrogens is 204 g/mol. The first-order chi connectivity index (χ1) is 7.50. The van der Waals surface area contributed by atoms with Gasteiger partial charge in [0.05, 0.1) is 12.1 Å². The van der Waals surface area contributed by atoms with Crippen LogP contribution in [-0.4, -0.2) is 23.1 Å². The van der Waals surface area contributed by atoms with E-state index in [4.69, 9.17) is 10.5 Å². The van der Waals surface area contributed by atoms with Crippen LogP contribution in [0.4, 0.5) is 10.5 Å². The highest BCUT2D eigenvalue weighted by Crippen LogP contribution is 2.26. The number of cyclic esters (lactones) is 1. The zero-order chi connectivity index (χ0) is 11.8. The van der Waals surface area contributed by atoms with Gasteiger partial charge in [0.15, 0.2) is 0 Å². The van der Waals surface area contributed by atoms with Crippen LogP contribution >= 0.6 is 0 Å². The Morgan fingerprint density at radius 1 is 1.44 bits per heavy atom. The molecule has 1 aliphatic heterocycles. The second-order valence-electron chi connectivity index (χ2n) is 4.65. The van der Waals surface area contributed by atoms with E-state index in [-0.39, 0.29) is 11.6 Å². The molecule has 0 unspecified atom stereocenters. The number of hydrogen-bond donors (Lipinski definition) is 1. The molecule has 1 heterocycles. The van der Waals surface area contributed by atoms with Crippen molar-refractivity contribution >= 4 is 11.8 Å². The summed E-state index contributed by atoms with van der Waals surface area (Å²) < 4.78 is 5.04. The monoisotopic (exact) mass is 220 g/mol. The van der Waals surface area contributed by atoms with E-state index in [1.807, 2.05) is 38.1 Å². The van der Waals surface area contributed by atoms with E-state index in [2.05, 4.69) is 0 Å². The molecule has 4 heteroatoms. The topological polar surface area (TPSA) is 55.6 Å². The van der Waals surface area contributed by atoms with Crippen molar-refractivity contribution in [2.24, 2.45) is 0 Å². The Kier molecular flexibility index (Phi) is 2.50. The lowest BCUT2D eigenvalue weighted by Gasteiger charge is -2.28. The second-order valence-corrected chi connectivity index (χ2v) is 4.65. The molecule has 0 bridgehead atoms. The van der Waals surface area contributed by atoms with Gasteiger partial charge >= 0.3 is 6.09 Å². The number of nitrogens with two attached hydrogens (primary N) is 1. The van der Waals surface area contributed by atoms with Crippen molar-refractivity contribution in [2.75, 3.05) is 12.3 Å². The molecule has 16 heavy (non-hydrogen) atoms. The predicted octanol–water partition coefficient (Wildman–Crippen LogP) is 2.00. The summed E-state index contributed by atoms with van der Waals surface area (Å²) in [5.74, 6) is 0. The molecule has 0 saturated carbocycles. The van der Waals surface area contributed by atoms with E-state index < -0.39 is 0 Å². The number of benzene rings is 1. The molecule has 0 atom stereocenters. The fourth-order valence-electron chi connectivity index (χ4n) is 1.77. The fourth-order valence-corrected chi connectivity index (χ4v) is 1.77. The maximum Gasteiger partial charge on any atom is 0.410 e. The van der Waals surface area contributed by atoms with Gasteiger partial charge in [-0.2, -0.15) is 0 Å². The molecule has 1 aliphatic rings. The largest absolute Gasteiger partial charge is 0.447 e. The van der Waals surface area contributed by atoms with Gasteiger partial charge in [-0.25, -0.2) is 4.79 Å². The lowest BCUT2D eigenvalue weighted by atomic mass is 10.0. The summed E-state index contributed by atoms with van der Waals surface area (Å²) in [4.78, 5) is 13.3. The van der Waals surface area contributed by atoms with E-state index in [1.165, 1.54) is 0 Å². The minimum absolute atomic E-state index is 0.265. The number of para-hydroxylation sites is 1. The first kappa shape index (κ1) is 10.8. The Morgan fingerprint density at radius 3 is 2.69 bits per heavy atom. The van der Waals surface area contributed by atoms with Crippen LogP contribution in [-0.2, 0) is 11.3 Å². The molecule has 0 aromatic heterocycles. The standard InChI is InChI=1S/C12H16N2O2/c1-12(2)8-16-11(15)14(12)7-9-5-3-4-6-10(9)13/h3-6H,7-8,13H2,1-2H3. The average molecular weight is 220 g/mol. The molecule has 0 aliphatic carbocycles. The van der Waals surface area contributed by atoms with Crippen LogP contribution in [0.5, 0.6) is 0 Å². The van der Waals surface area contributed by atoms with Gasteiger partial charge in [-0.15, -0.1) is 0 Å². The van der Waals surface area contributed by atoms with Crippen LogP contribution < -0.4 is 5.73 Å². The molecule has 2 rings (SSSR count). The van der Waals surface area contributed by atoms with Crippen molar-refractivity contribution in [1.29, 1.82) is 0 Å². The van der Waals surface area contributed by atoms with E-state index in [0.717, 1.165) is 5.56 Å². The Balaban J connectivity index is 2.22. The molecule has 1 amide bonds. The third-order valence-corrected chi connectivity index (χ3v) is 2.88. The summed E-state index contributed by atoms with van der Waals surface area (Å²) in [6, 6.07) is 7.56. The van der Waals surface area contributed by atoms with Crippen molar-refractivity contribution < 1.29 is 9.53 Å². The number of nitrogen functional groups attached to an aromatic ring is 1. The predicted molar refractivity (Wildman–Crippen MR) is 61.8 cm³/mol. The molecular formula is C12H16N2O2. The first-order valence-corrected chi connectivity index (χ1v) is 5.28. The van der Waals surface area contributed by atoms with Gasteiger partial charge in [0.2, 0.25) is 0 Å². The summed E-state index contributed by atoms with van der Waals surface area (Å²) in [7, 11) is 0. The van der Waals surface area contributed by atoms with E-state index in [1.54, 1.807) is 4.90 Å². The van der Waals surface area contributed by atoms with Crippen LogP contribution in [0.15, 0.2) is 24.3 Å². The number of anilines is 1. The molecule has 86 valence electrons. The van der Waals surface area contributed by atoms with Crippen molar-refractivity contribution in [3.8, 4) is 0 Å². The first-order valence-electron chi connectivity index (χ1n) is 5.28. The number of carbonyl (C=O) groups excluding carboxylic acids is 1. The lowest BCUT2D eigenvalue weighted by Crippen LogP contribution is -2.41. The van der Waals surface area contributed by atoms with Gasteiger partial charge in [0.25, 0.3) is 0 Å². The number of hydrogen-bond acceptors (Lipinski definition) is 3. The summed E-state index contributed by atoms with van der Waals surface area (Å²) >= 11 is 0. The van der Waals surface area contributed by atoms with Crippen LogP contribution in [0.2, 0.25) is 0 Å². The molecule has 4 nitrogen and oxygen atoms in total. The zero-order valence-corrected chi connectivity index (χ0v) is 9.56. The Bertz CT molecular complexity index is 415. The van der Waals surface area contributed by atoms with Crippen molar-refractivity contribution in [3.63, 3.8) is 0 Å². The Hall–Kier alpha value is -1.71. The maximum atomic E-state index is 11.6. The Labute approximate surface area is 95.0 Å². The van der Waals surface area contributed by atoms with Gasteiger partial charge in [-0.05, 0) is 25.5 Å². The molecule has 1 aromatic rings. The minimum Gasteiger partial charge on any atom is -0.447 e. The second kappa shape index (κ2) is 3.70. The maximum absolute atomic E-state index is 11.6. The highest BCUT2D eigenvalue weighted by atomic mass is 16.6. The van der Waals surface area contributed by atoms with E-state index in [9.17, 15) is 4.79 Å². The summed E-state index contributed by atoms with van der Waals surface area (Å²) in [5, 5.41) is 0. The highest BCUT2D eigenvalue weighted by Gasteiger charge is 2.39. The van der Waals surface area contributed by atoms with Crippen molar-refractivity contribution in [1.82, 2.24) is 4.90 Å². The molecule has 1 aromatic carbocycles. The van der Waals surface area contributed by atoms with Crippen molar-refractivity contribution in [3.05, 3.63) is 29.8 Å². The number of nitrogens with zero attached hydrogens (tertiary/aromatic N) is 1. The van der Waals surface area contributed by atoms with Gasteiger partial charge in [-0.3, -0.25) is 4.90 Å². The van der Waals surface area contributed by atoms with Gasteiger partial charge in [-0.1, -0.05) is 18.2 Å². The van der Waals surface area contributed by atoms with E-state index >= 15 is 0 Å². The molecule has 0 spiro atoms. The SMILES string of the molecule is CC1(C)COC(=O)N1Cc1ccccc1N. The average Bonchev–Trinajstić information content (AvgIpc) is 2.48. The van der Waals surface area contributed by atoms with E-state index in [0.29, 0.717) is 18.8 Å². The van der Waals surface area contributed by atoms with Gasteiger partial charge < -0.3 is 10.5 Å². The third-order valence-electron chi connectivity index (χ3n) is 2.88. The fraction of sp³-hybridized carbons (Fsp3) is 0.417. The number of amides is 1. The van der Waals surface area contributed by atoms with Crippen LogP contribution in [0.3, 0.4) is 0 Å². The highest BCUT2D eigenvalue weighted by molar-refractivity contribution is 5.71. The molecule has 2 N–H and O–H groups in total. The zero-order valence-electron chi connectivity index (χ0n) is 9.56. The lowest BCUT2D eigenvalue weighted by molar-refractivity contribution is 0.152. The quantitative estimate of drug-likeness (QED) is 0.775. The van der Waals surface area contributed by atoms with Crippen LogP contribution in [0.1, 0.15) is 19.4 Å². The summed E-state index contributed by atoms with van der Waals surface area (Å²) in [6.07, 6.45) is -0.270.